The fourth-order valence-corrected chi connectivity index (χ4v) is 3.11. The van der Waals surface area contributed by atoms with Gasteiger partial charge in [-0.15, -0.1) is 5.10 Å². The lowest BCUT2D eigenvalue weighted by Crippen LogP contribution is -2.47. The van der Waals surface area contributed by atoms with Crippen LogP contribution in [0.5, 0.6) is 0 Å². The van der Waals surface area contributed by atoms with Gasteiger partial charge in [0.05, 0.1) is 16.4 Å². The maximum absolute atomic E-state index is 13.3. The molecule has 128 valence electrons. The van der Waals surface area contributed by atoms with Crippen molar-refractivity contribution in [1.29, 1.82) is 0 Å². The van der Waals surface area contributed by atoms with Gasteiger partial charge in [0.1, 0.15) is 5.82 Å². The lowest BCUT2D eigenvalue weighted by atomic mass is 10.1. The molecule has 0 spiro atoms. The molecule has 0 radical (unpaired) electrons. The molecule has 0 saturated carbocycles. The lowest BCUT2D eigenvalue weighted by molar-refractivity contribution is 0.0691. The van der Waals surface area contributed by atoms with Crippen molar-refractivity contribution < 1.29 is 9.18 Å². The number of hydrogen-bond donors (Lipinski definition) is 1. The minimum Gasteiger partial charge on any atom is -0.336 e. The second kappa shape index (κ2) is 6.86. The summed E-state index contributed by atoms with van der Waals surface area (Å²) in [5, 5.41) is 11.3. The van der Waals surface area contributed by atoms with Crippen molar-refractivity contribution in [3.63, 3.8) is 0 Å². The van der Waals surface area contributed by atoms with Crippen LogP contribution in [0.15, 0.2) is 18.2 Å². The van der Waals surface area contributed by atoms with E-state index < -0.39 is 5.82 Å². The zero-order valence-corrected chi connectivity index (χ0v) is 14.3. The van der Waals surface area contributed by atoms with Crippen molar-refractivity contribution in [2.45, 2.75) is 25.8 Å². The second-order valence-corrected chi connectivity index (χ2v) is 6.32. The fourth-order valence-electron chi connectivity index (χ4n) is 2.94. The Kier molecular flexibility index (Phi) is 4.82. The number of aromatic nitrogens is 3. The van der Waals surface area contributed by atoms with Gasteiger partial charge in [0, 0.05) is 19.1 Å². The predicted octanol–water partition coefficient (Wildman–Crippen LogP) is 2.19. The van der Waals surface area contributed by atoms with Crippen LogP contribution in [-0.4, -0.2) is 52.0 Å². The minimum absolute atomic E-state index is 0.00293. The van der Waals surface area contributed by atoms with Gasteiger partial charge in [-0.05, 0) is 45.0 Å². The van der Waals surface area contributed by atoms with Gasteiger partial charge in [0.2, 0.25) is 0 Å². The highest BCUT2D eigenvalue weighted by Gasteiger charge is 2.27. The molecular weight excluding hydrogens is 333 g/mol. The second-order valence-electron chi connectivity index (χ2n) is 5.91. The van der Waals surface area contributed by atoms with Gasteiger partial charge in [-0.25, -0.2) is 9.07 Å². The van der Waals surface area contributed by atoms with E-state index in [0.29, 0.717) is 36.2 Å². The van der Waals surface area contributed by atoms with Gasteiger partial charge in [-0.1, -0.05) is 16.8 Å². The number of carbonyl (C=O) groups is 1. The molecule has 8 heteroatoms. The topological polar surface area (TPSA) is 63.1 Å². The van der Waals surface area contributed by atoms with E-state index in [4.69, 9.17) is 11.6 Å². The zero-order valence-electron chi connectivity index (χ0n) is 13.6. The largest absolute Gasteiger partial charge is 0.336 e. The van der Waals surface area contributed by atoms with E-state index in [9.17, 15) is 9.18 Å². The average Bonchev–Trinajstić information content (AvgIpc) is 2.98. The normalized spacial score (nSPS) is 18.0. The smallest absolute Gasteiger partial charge is 0.276 e. The number of amides is 1. The number of carbonyl (C=O) groups excluding carboxylic acids is 1. The molecule has 24 heavy (non-hydrogen) atoms. The van der Waals surface area contributed by atoms with E-state index in [2.05, 4.69) is 15.6 Å². The molecule has 1 aromatic carbocycles. The van der Waals surface area contributed by atoms with Gasteiger partial charge < -0.3 is 10.2 Å². The van der Waals surface area contributed by atoms with Crippen molar-refractivity contribution in [3.05, 3.63) is 40.4 Å². The third-order valence-corrected chi connectivity index (χ3v) is 4.65. The SMILES string of the molecule is CNC1CCCN(C(=O)c2nnn(-c3ccc(F)c(Cl)c3)c2C)C1. The molecule has 2 heterocycles. The van der Waals surface area contributed by atoms with E-state index in [0.717, 1.165) is 12.8 Å². The van der Waals surface area contributed by atoms with Gasteiger partial charge in [0.25, 0.3) is 5.91 Å². The molecule has 1 saturated heterocycles. The number of hydrogen-bond acceptors (Lipinski definition) is 4. The van der Waals surface area contributed by atoms with Crippen molar-refractivity contribution in [2.75, 3.05) is 20.1 Å². The lowest BCUT2D eigenvalue weighted by Gasteiger charge is -2.32. The molecule has 1 aliphatic rings. The molecule has 2 aromatic rings. The first-order chi connectivity index (χ1) is 11.5. The first kappa shape index (κ1) is 16.9. The fraction of sp³-hybridized carbons (Fsp3) is 0.438. The van der Waals surface area contributed by atoms with E-state index in [1.54, 1.807) is 17.9 Å². The molecule has 1 aliphatic heterocycles. The first-order valence-electron chi connectivity index (χ1n) is 7.85. The summed E-state index contributed by atoms with van der Waals surface area (Å²) >= 11 is 5.82. The Labute approximate surface area is 144 Å². The molecule has 1 atom stereocenters. The van der Waals surface area contributed by atoms with Crippen molar-refractivity contribution in [3.8, 4) is 5.69 Å². The number of likely N-dealkylation sites (tertiary alicyclic amines) is 1. The molecule has 3 rings (SSSR count). The van der Waals surface area contributed by atoms with Crippen molar-refractivity contribution >= 4 is 17.5 Å². The van der Waals surface area contributed by atoms with Crippen LogP contribution in [0.2, 0.25) is 5.02 Å². The predicted molar refractivity (Wildman–Crippen MR) is 89.0 cm³/mol. The molecule has 0 aliphatic carbocycles. The molecule has 1 unspecified atom stereocenters. The Bertz CT molecular complexity index is 763. The highest BCUT2D eigenvalue weighted by atomic mass is 35.5. The van der Waals surface area contributed by atoms with Crippen LogP contribution in [-0.2, 0) is 0 Å². The summed E-state index contributed by atoms with van der Waals surface area (Å²) in [6.07, 6.45) is 2.01. The van der Waals surface area contributed by atoms with Gasteiger partial charge in [-0.2, -0.15) is 0 Å². The molecule has 6 nitrogen and oxygen atoms in total. The molecule has 0 bridgehead atoms. The monoisotopic (exact) mass is 351 g/mol. The Morgan fingerprint density at radius 2 is 2.25 bits per heavy atom. The summed E-state index contributed by atoms with van der Waals surface area (Å²) in [5.41, 5.74) is 1.48. The minimum atomic E-state index is -0.499. The van der Waals surface area contributed by atoms with Crippen LogP contribution < -0.4 is 5.32 Å². The van der Waals surface area contributed by atoms with Crippen LogP contribution in [0.25, 0.3) is 5.69 Å². The van der Waals surface area contributed by atoms with Crippen LogP contribution in [0.3, 0.4) is 0 Å². The number of benzene rings is 1. The number of piperidine rings is 1. The summed E-state index contributed by atoms with van der Waals surface area (Å²) in [7, 11) is 1.90. The summed E-state index contributed by atoms with van der Waals surface area (Å²) in [6, 6.07) is 4.58. The van der Waals surface area contributed by atoms with Gasteiger partial charge >= 0.3 is 0 Å². The number of likely N-dealkylation sites (N-methyl/N-ethyl adjacent to an activating group) is 1. The number of rotatable bonds is 3. The Hall–Kier alpha value is -1.99. The maximum Gasteiger partial charge on any atom is 0.276 e. The summed E-state index contributed by atoms with van der Waals surface area (Å²) in [4.78, 5) is 14.5. The average molecular weight is 352 g/mol. The van der Waals surface area contributed by atoms with E-state index in [1.165, 1.54) is 16.8 Å². The van der Waals surface area contributed by atoms with Gasteiger partial charge in [-0.3, -0.25) is 4.79 Å². The van der Waals surface area contributed by atoms with Crippen LogP contribution in [0.1, 0.15) is 29.0 Å². The Morgan fingerprint density at radius 3 is 2.96 bits per heavy atom. The molecule has 1 aromatic heterocycles. The molecule has 1 N–H and O–H groups in total. The summed E-state index contributed by atoms with van der Waals surface area (Å²) in [5.74, 6) is -0.632. The molecular formula is C16H19ClFN5O. The third kappa shape index (κ3) is 3.14. The zero-order chi connectivity index (χ0) is 17.3. The first-order valence-corrected chi connectivity index (χ1v) is 8.23. The molecule has 1 amide bonds. The summed E-state index contributed by atoms with van der Waals surface area (Å²) in [6.45, 7) is 3.14. The maximum atomic E-state index is 13.3. The van der Waals surface area contributed by atoms with E-state index >= 15 is 0 Å². The Balaban J connectivity index is 1.86. The third-order valence-electron chi connectivity index (χ3n) is 4.36. The van der Waals surface area contributed by atoms with Crippen LogP contribution >= 0.6 is 11.6 Å². The van der Waals surface area contributed by atoms with Crippen molar-refractivity contribution in [1.82, 2.24) is 25.2 Å². The highest BCUT2D eigenvalue weighted by Crippen LogP contribution is 2.21. The van der Waals surface area contributed by atoms with Crippen LogP contribution in [0.4, 0.5) is 4.39 Å². The quantitative estimate of drug-likeness (QED) is 0.920. The van der Waals surface area contributed by atoms with Gasteiger partial charge in [0.15, 0.2) is 5.69 Å². The highest BCUT2D eigenvalue weighted by molar-refractivity contribution is 6.30. The molecule has 1 fully saturated rings. The number of halogens is 2. The van der Waals surface area contributed by atoms with Crippen LogP contribution in [0, 0.1) is 12.7 Å². The number of nitrogens with zero attached hydrogens (tertiary/aromatic N) is 4. The van der Waals surface area contributed by atoms with E-state index in [1.807, 2.05) is 7.05 Å². The summed E-state index contributed by atoms with van der Waals surface area (Å²) < 4.78 is 14.8. The Morgan fingerprint density at radius 1 is 1.46 bits per heavy atom. The van der Waals surface area contributed by atoms with Crippen molar-refractivity contribution in [2.24, 2.45) is 0 Å². The standard InChI is InChI=1S/C16H19ClFN5O/c1-10-15(16(24)22-7-3-4-11(9-22)19-2)20-21-23(10)12-5-6-14(18)13(17)8-12/h5-6,8,11,19H,3-4,7,9H2,1-2H3. The number of nitrogens with one attached hydrogen (secondary N) is 1. The van der Waals surface area contributed by atoms with E-state index in [-0.39, 0.29) is 10.9 Å².